The Morgan fingerprint density at radius 2 is 1.83 bits per heavy atom. The predicted molar refractivity (Wildman–Crippen MR) is 71.9 cm³/mol. The number of hydrogen-bond donors (Lipinski definition) is 2. The summed E-state index contributed by atoms with van der Waals surface area (Å²) in [5, 5.41) is 4.98. The van der Waals surface area contributed by atoms with E-state index in [9.17, 15) is 16.8 Å². The molecule has 0 heterocycles. The van der Waals surface area contributed by atoms with Crippen LogP contribution in [0.5, 0.6) is 0 Å². The molecule has 0 fully saturated rings. The van der Waals surface area contributed by atoms with Crippen LogP contribution in [0.15, 0.2) is 21.9 Å². The number of nitrogens with two attached hydrogens (primary N) is 1. The van der Waals surface area contributed by atoms with Crippen molar-refractivity contribution < 1.29 is 16.8 Å². The minimum atomic E-state index is -3.98. The average molecular weight is 375 g/mol. The molecular formula is C8H12AsClN2O4S2. The van der Waals surface area contributed by atoms with E-state index in [1.54, 1.807) is 6.92 Å². The molecule has 1 aromatic carbocycles. The van der Waals surface area contributed by atoms with Gasteiger partial charge in [-0.25, -0.2) is 0 Å². The fourth-order valence-corrected chi connectivity index (χ4v) is 5.40. The first-order valence-electron chi connectivity index (χ1n) is 4.71. The van der Waals surface area contributed by atoms with Crippen molar-refractivity contribution in [2.24, 2.45) is 5.14 Å². The third kappa shape index (κ3) is 3.46. The number of nitrogens with one attached hydrogen (secondary N) is 1. The van der Waals surface area contributed by atoms with E-state index in [-0.39, 0.29) is 21.4 Å². The summed E-state index contributed by atoms with van der Waals surface area (Å²) in [7, 11) is -7.82. The summed E-state index contributed by atoms with van der Waals surface area (Å²) in [5.74, 6) is 0. The second-order valence-corrected chi connectivity index (χ2v) is 8.34. The van der Waals surface area contributed by atoms with Crippen LogP contribution in [-0.2, 0) is 20.0 Å². The van der Waals surface area contributed by atoms with Gasteiger partial charge in [-0.1, -0.05) is 0 Å². The Hall–Kier alpha value is -0.112. The quantitative estimate of drug-likeness (QED) is 0.628. The van der Waals surface area contributed by atoms with Crippen LogP contribution in [-0.4, -0.2) is 40.2 Å². The zero-order chi connectivity index (χ0) is 14.1. The molecule has 0 spiro atoms. The molecule has 1 aromatic rings. The number of halogens is 1. The number of rotatable bonds is 4. The molecule has 0 aliphatic carbocycles. The summed E-state index contributed by atoms with van der Waals surface area (Å²) in [6, 6.07) is 2.26. The minimum absolute atomic E-state index is 0.0391. The summed E-state index contributed by atoms with van der Waals surface area (Å²) in [5.41, 5.74) is 0. The van der Waals surface area contributed by atoms with E-state index in [4.69, 9.17) is 16.7 Å². The van der Waals surface area contributed by atoms with Gasteiger partial charge >= 0.3 is 120 Å². The third-order valence-electron chi connectivity index (χ3n) is 1.99. The van der Waals surface area contributed by atoms with Crippen molar-refractivity contribution in [1.29, 1.82) is 0 Å². The fourth-order valence-electron chi connectivity index (χ4n) is 1.27. The van der Waals surface area contributed by atoms with Crippen molar-refractivity contribution in [3.63, 3.8) is 0 Å². The molecule has 1 atom stereocenters. The van der Waals surface area contributed by atoms with E-state index in [1.807, 2.05) is 0 Å². The summed E-state index contributed by atoms with van der Waals surface area (Å²) in [6.07, 6.45) is 0. The molecule has 102 valence electrons. The van der Waals surface area contributed by atoms with Crippen LogP contribution >= 0.6 is 11.6 Å². The second kappa shape index (κ2) is 5.48. The van der Waals surface area contributed by atoms with E-state index in [2.05, 4.69) is 4.72 Å². The first-order chi connectivity index (χ1) is 8.09. The van der Waals surface area contributed by atoms with Crippen LogP contribution in [0.2, 0.25) is 5.02 Å². The molecule has 0 aliphatic heterocycles. The van der Waals surface area contributed by atoms with Crippen LogP contribution in [0, 0.1) is 0 Å². The maximum absolute atomic E-state index is 11.8. The molecule has 1 rings (SSSR count). The molecule has 6 nitrogen and oxygen atoms in total. The second-order valence-electron chi connectivity index (χ2n) is 3.37. The number of sulfonamides is 2. The van der Waals surface area contributed by atoms with Gasteiger partial charge in [0, 0.05) is 0 Å². The summed E-state index contributed by atoms with van der Waals surface area (Å²) < 4.78 is 48.9. The molecule has 0 bridgehead atoms. The molecule has 1 unspecified atom stereocenters. The van der Waals surface area contributed by atoms with Gasteiger partial charge in [0.1, 0.15) is 0 Å². The third-order valence-corrected chi connectivity index (χ3v) is 6.41. The SMILES string of the molecule is CCNS(=O)(=O)c1cc(S(N)(=O)=O)c([AsH2])cc1Cl. The van der Waals surface area contributed by atoms with Gasteiger partial charge in [-0.05, 0) is 0 Å². The zero-order valence-electron chi connectivity index (χ0n) is 9.34. The van der Waals surface area contributed by atoms with Gasteiger partial charge in [-0.2, -0.15) is 0 Å². The average Bonchev–Trinajstić information content (AvgIpc) is 2.14. The topological polar surface area (TPSA) is 106 Å². The Morgan fingerprint density at radius 1 is 1.28 bits per heavy atom. The molecular weight excluding hydrogens is 363 g/mol. The monoisotopic (exact) mass is 374 g/mol. The molecule has 0 saturated carbocycles. The first kappa shape index (κ1) is 15.9. The van der Waals surface area contributed by atoms with Gasteiger partial charge in [0.15, 0.2) is 0 Å². The number of hydrogen-bond acceptors (Lipinski definition) is 4. The summed E-state index contributed by atoms with van der Waals surface area (Å²) in [6.45, 7) is 1.77. The van der Waals surface area contributed by atoms with Gasteiger partial charge in [0.25, 0.3) is 0 Å². The van der Waals surface area contributed by atoms with Crippen LogP contribution < -0.4 is 14.2 Å². The van der Waals surface area contributed by atoms with Crippen LogP contribution in [0.3, 0.4) is 0 Å². The molecule has 0 amide bonds. The van der Waals surface area contributed by atoms with Gasteiger partial charge in [0.05, 0.1) is 0 Å². The zero-order valence-corrected chi connectivity index (χ0v) is 14.2. The number of primary sulfonamides is 1. The van der Waals surface area contributed by atoms with Crippen molar-refractivity contribution in [3.8, 4) is 0 Å². The first-order valence-corrected chi connectivity index (χ1v) is 9.33. The predicted octanol–water partition coefficient (Wildman–Crippen LogP) is -1.46. The van der Waals surface area contributed by atoms with Gasteiger partial charge in [-0.3, -0.25) is 0 Å². The Morgan fingerprint density at radius 3 is 2.28 bits per heavy atom. The molecule has 0 saturated heterocycles. The van der Waals surface area contributed by atoms with E-state index in [1.165, 1.54) is 6.07 Å². The maximum atomic E-state index is 11.8. The molecule has 0 radical (unpaired) electrons. The van der Waals surface area contributed by atoms with Crippen molar-refractivity contribution in [2.75, 3.05) is 6.54 Å². The summed E-state index contributed by atoms with van der Waals surface area (Å²) >= 11 is 6.81. The standard InChI is InChI=1S/C8H12AsClN2O4S2/c1-2-12-18(15,16)8-4-7(17(11,13)14)5(9)3-6(8)10/h3-4,12H,2,9H2,1H3,(H2,11,13,14). The van der Waals surface area contributed by atoms with Crippen molar-refractivity contribution in [1.82, 2.24) is 4.72 Å². The van der Waals surface area contributed by atoms with E-state index in [0.717, 1.165) is 22.9 Å². The van der Waals surface area contributed by atoms with Gasteiger partial charge < -0.3 is 0 Å². The van der Waals surface area contributed by atoms with Crippen molar-refractivity contribution in [3.05, 3.63) is 17.2 Å². The Bertz CT molecular complexity index is 673. The van der Waals surface area contributed by atoms with E-state index < -0.39 is 20.0 Å². The molecule has 18 heavy (non-hydrogen) atoms. The van der Waals surface area contributed by atoms with E-state index >= 15 is 0 Å². The normalized spacial score (nSPS) is 12.7. The van der Waals surface area contributed by atoms with Crippen LogP contribution in [0.4, 0.5) is 0 Å². The molecule has 0 aliphatic rings. The molecule has 0 aromatic heterocycles. The molecule has 3 N–H and O–H groups in total. The molecule has 10 heteroatoms. The Balaban J connectivity index is 3.59. The van der Waals surface area contributed by atoms with Crippen molar-refractivity contribution in [2.45, 2.75) is 16.7 Å². The van der Waals surface area contributed by atoms with Gasteiger partial charge in [0.2, 0.25) is 0 Å². The van der Waals surface area contributed by atoms with Crippen molar-refractivity contribution >= 4 is 52.9 Å². The van der Waals surface area contributed by atoms with Crippen LogP contribution in [0.1, 0.15) is 6.92 Å². The van der Waals surface area contributed by atoms with Crippen LogP contribution in [0.25, 0.3) is 0 Å². The van der Waals surface area contributed by atoms with E-state index in [0.29, 0.717) is 4.35 Å². The Labute approximate surface area is 119 Å². The fraction of sp³-hybridized carbons (Fsp3) is 0.250. The summed E-state index contributed by atoms with van der Waals surface area (Å²) in [4.78, 5) is -0.528. The Kier molecular flexibility index (Phi) is 4.86. The van der Waals surface area contributed by atoms with Gasteiger partial charge in [-0.15, -0.1) is 0 Å². The number of benzene rings is 1.